The van der Waals surface area contributed by atoms with Crippen molar-refractivity contribution in [2.75, 3.05) is 47.5 Å². The van der Waals surface area contributed by atoms with Crippen molar-refractivity contribution in [1.82, 2.24) is 0 Å². The maximum atomic E-state index is 12.7. The van der Waals surface area contributed by atoms with E-state index >= 15 is 0 Å². The molecule has 11 heteroatoms. The molecule has 0 aliphatic heterocycles. The summed E-state index contributed by atoms with van der Waals surface area (Å²) in [5.74, 6) is -0.879. The minimum Gasteiger partial charge on any atom is -0.462 e. The average Bonchev–Trinajstić information content (AvgIpc) is 3.14. The molecule has 0 aromatic carbocycles. The maximum Gasteiger partial charge on any atom is 0.472 e. The highest BCUT2D eigenvalue weighted by Gasteiger charge is 2.27. The first kappa shape index (κ1) is 54.9. The molecule has 1 unspecified atom stereocenters. The van der Waals surface area contributed by atoms with Gasteiger partial charge in [-0.15, -0.1) is 0 Å². The molecule has 0 fully saturated rings. The summed E-state index contributed by atoms with van der Waals surface area (Å²) in [6.45, 7) is 3.90. The van der Waals surface area contributed by atoms with E-state index in [2.05, 4.69) is 49.5 Å². The molecule has 57 heavy (non-hydrogen) atoms. The molecule has 3 atom stereocenters. The molecule has 0 aromatic heterocycles. The molecule has 0 saturated carbocycles. The van der Waals surface area contributed by atoms with Crippen molar-refractivity contribution in [2.45, 2.75) is 187 Å². The number of phosphoric ester groups is 1. The molecule has 0 saturated heterocycles. The molecule has 2 N–H and O–H groups in total. The molecule has 0 rings (SSSR count). The van der Waals surface area contributed by atoms with E-state index in [4.69, 9.17) is 18.5 Å². The average molecular weight is 827 g/mol. The zero-order chi connectivity index (χ0) is 42.3. The molecule has 10 nitrogen and oxygen atoms in total. The molecule has 0 spiro atoms. The number of ether oxygens (including phenoxy) is 2. The number of rotatable bonds is 40. The zero-order valence-corrected chi connectivity index (χ0v) is 37.8. The van der Waals surface area contributed by atoms with Crippen LogP contribution in [0.15, 0.2) is 48.6 Å². The molecule has 0 aromatic rings. The van der Waals surface area contributed by atoms with Crippen LogP contribution in [0.4, 0.5) is 0 Å². The van der Waals surface area contributed by atoms with Crippen LogP contribution >= 0.6 is 7.82 Å². The van der Waals surface area contributed by atoms with Gasteiger partial charge in [-0.1, -0.05) is 145 Å². The Morgan fingerprint density at radius 3 is 1.56 bits per heavy atom. The number of carbonyl (C=O) groups excluding carboxylic acids is 2. The Labute approximate surface area is 348 Å². The van der Waals surface area contributed by atoms with Crippen molar-refractivity contribution in [1.29, 1.82) is 0 Å². The second kappa shape index (κ2) is 38.2. The lowest BCUT2D eigenvalue weighted by molar-refractivity contribution is -0.870. The van der Waals surface area contributed by atoms with Gasteiger partial charge in [0.15, 0.2) is 6.10 Å². The SMILES string of the molecule is CCCCCCCCCCCCCCCCCC(=O)OC[C@H](COP(=O)(O)OCC[N+](C)(C)C)OC(=O)CCC/C=C\C/C=C\C/C=C\C/C=C\CCC[C@H](C)O. The maximum absolute atomic E-state index is 12.7. The van der Waals surface area contributed by atoms with E-state index in [1.54, 1.807) is 0 Å². The van der Waals surface area contributed by atoms with Crippen molar-refractivity contribution >= 4 is 19.8 Å². The number of likely N-dealkylation sites (N-methyl/N-ethyl adjacent to an activating group) is 1. The van der Waals surface area contributed by atoms with Crippen LogP contribution in [0.25, 0.3) is 0 Å². The normalized spacial score (nSPS) is 14.6. The van der Waals surface area contributed by atoms with Crippen LogP contribution in [0.5, 0.6) is 0 Å². The van der Waals surface area contributed by atoms with Crippen LogP contribution < -0.4 is 0 Å². The Morgan fingerprint density at radius 2 is 1.07 bits per heavy atom. The van der Waals surface area contributed by atoms with Gasteiger partial charge in [0.2, 0.25) is 0 Å². The third-order valence-corrected chi connectivity index (χ3v) is 10.4. The zero-order valence-electron chi connectivity index (χ0n) is 36.9. The van der Waals surface area contributed by atoms with Gasteiger partial charge < -0.3 is 24.0 Å². The molecule has 0 bridgehead atoms. The number of hydrogen-bond acceptors (Lipinski definition) is 8. The van der Waals surface area contributed by atoms with Crippen LogP contribution in [0, 0.1) is 0 Å². The monoisotopic (exact) mass is 827 g/mol. The lowest BCUT2D eigenvalue weighted by Gasteiger charge is -2.24. The largest absolute Gasteiger partial charge is 0.472 e. The minimum atomic E-state index is -4.40. The fourth-order valence-electron chi connectivity index (χ4n) is 5.85. The van der Waals surface area contributed by atoms with Gasteiger partial charge in [0.25, 0.3) is 0 Å². The van der Waals surface area contributed by atoms with E-state index in [1.165, 1.54) is 77.0 Å². The van der Waals surface area contributed by atoms with E-state index in [0.29, 0.717) is 23.9 Å². The van der Waals surface area contributed by atoms with E-state index in [-0.39, 0.29) is 38.1 Å². The molecule has 0 amide bonds. The Balaban J connectivity index is 4.44. The number of esters is 2. The van der Waals surface area contributed by atoms with Crippen LogP contribution in [0.2, 0.25) is 0 Å². The molecule has 0 radical (unpaired) electrons. The fraction of sp³-hybridized carbons (Fsp3) is 0.783. The lowest BCUT2D eigenvalue weighted by atomic mass is 10.0. The number of nitrogens with zero attached hydrogens (tertiary/aromatic N) is 1. The topological polar surface area (TPSA) is 129 Å². The van der Waals surface area contributed by atoms with E-state index in [1.807, 2.05) is 34.1 Å². The van der Waals surface area contributed by atoms with Gasteiger partial charge in [0.05, 0.1) is 33.9 Å². The molecule has 0 aliphatic carbocycles. The van der Waals surface area contributed by atoms with Crippen molar-refractivity contribution in [2.24, 2.45) is 0 Å². The first-order valence-electron chi connectivity index (χ1n) is 22.4. The Bertz CT molecular complexity index is 1130. The van der Waals surface area contributed by atoms with E-state index < -0.39 is 26.5 Å². The summed E-state index contributed by atoms with van der Waals surface area (Å²) < 4.78 is 34.2. The van der Waals surface area contributed by atoms with E-state index in [0.717, 1.165) is 57.8 Å². The highest BCUT2D eigenvalue weighted by Crippen LogP contribution is 2.43. The van der Waals surface area contributed by atoms with Crippen LogP contribution in [-0.2, 0) is 32.7 Å². The van der Waals surface area contributed by atoms with Crippen molar-refractivity contribution in [3.8, 4) is 0 Å². The van der Waals surface area contributed by atoms with Gasteiger partial charge in [-0.05, 0) is 64.7 Å². The van der Waals surface area contributed by atoms with Crippen molar-refractivity contribution in [3.05, 3.63) is 48.6 Å². The quantitative estimate of drug-likeness (QED) is 0.0204. The standard InChI is InChI=1S/C46H84NO9P/c1-6-7-8-9-10-11-12-13-15-19-22-25-28-31-34-37-45(49)53-41-44(42-55-57(51,52)54-40-39-47(3,4)5)56-46(50)38-35-32-29-26-23-20-17-14-16-18-21-24-27-30-33-36-43(2)48/h16-18,20,24,26-27,29,43-44,48H,6-15,19,21-23,25,28,30-42H2,1-5H3/p+1/b18-16-,20-17-,27-24-,29-26-/t43-,44+/m0/s1. The summed E-state index contributed by atoms with van der Waals surface area (Å²) in [7, 11) is 1.42. The number of carbonyl (C=O) groups is 2. The number of allylic oxidation sites excluding steroid dienone is 8. The van der Waals surface area contributed by atoms with Crippen LogP contribution in [0.3, 0.4) is 0 Å². The summed E-state index contributed by atoms with van der Waals surface area (Å²) in [6, 6.07) is 0. The predicted octanol–water partition coefficient (Wildman–Crippen LogP) is 11.7. The number of hydrogen-bond donors (Lipinski definition) is 2. The Morgan fingerprint density at radius 1 is 0.614 bits per heavy atom. The molecular weight excluding hydrogens is 741 g/mol. The third-order valence-electron chi connectivity index (χ3n) is 9.38. The molecule has 332 valence electrons. The first-order chi connectivity index (χ1) is 27.3. The van der Waals surface area contributed by atoms with Crippen LogP contribution in [0.1, 0.15) is 174 Å². The van der Waals surface area contributed by atoms with Gasteiger partial charge in [-0.3, -0.25) is 18.6 Å². The second-order valence-electron chi connectivity index (χ2n) is 16.4. The summed E-state index contributed by atoms with van der Waals surface area (Å²) in [5.41, 5.74) is 0. The van der Waals surface area contributed by atoms with Crippen molar-refractivity contribution in [3.63, 3.8) is 0 Å². The smallest absolute Gasteiger partial charge is 0.462 e. The lowest BCUT2D eigenvalue weighted by Crippen LogP contribution is -2.37. The fourth-order valence-corrected chi connectivity index (χ4v) is 6.59. The second-order valence-corrected chi connectivity index (χ2v) is 17.8. The Kier molecular flexibility index (Phi) is 36.8. The van der Waals surface area contributed by atoms with Gasteiger partial charge in [-0.25, -0.2) is 4.57 Å². The summed E-state index contributed by atoms with van der Waals surface area (Å²) in [5, 5.41) is 9.28. The number of unbranched alkanes of at least 4 members (excludes halogenated alkanes) is 16. The van der Waals surface area contributed by atoms with Gasteiger partial charge in [0, 0.05) is 12.8 Å². The third kappa shape index (κ3) is 43.3. The van der Waals surface area contributed by atoms with E-state index in [9.17, 15) is 24.2 Å². The van der Waals surface area contributed by atoms with Gasteiger partial charge in [0.1, 0.15) is 19.8 Å². The first-order valence-corrected chi connectivity index (χ1v) is 23.9. The molecule has 0 aliphatic rings. The molecular formula is C46H85NO9P+. The minimum absolute atomic E-state index is 0.0154. The highest BCUT2D eigenvalue weighted by molar-refractivity contribution is 7.47. The number of phosphoric acid groups is 1. The number of aliphatic hydroxyl groups excluding tert-OH is 1. The number of quaternary nitrogens is 1. The summed E-state index contributed by atoms with van der Waals surface area (Å²) in [6.07, 6.45) is 41.5. The van der Waals surface area contributed by atoms with Gasteiger partial charge in [-0.2, -0.15) is 0 Å². The highest BCUT2D eigenvalue weighted by atomic mass is 31.2. The van der Waals surface area contributed by atoms with Gasteiger partial charge >= 0.3 is 19.8 Å². The Hall–Kier alpha value is -2.07. The summed E-state index contributed by atoms with van der Waals surface area (Å²) >= 11 is 0. The predicted molar refractivity (Wildman–Crippen MR) is 235 cm³/mol. The van der Waals surface area contributed by atoms with Crippen LogP contribution in [-0.4, -0.2) is 86.1 Å². The number of aliphatic hydroxyl groups is 1. The molecule has 0 heterocycles. The van der Waals surface area contributed by atoms with Crippen molar-refractivity contribution < 1.29 is 47.2 Å². The summed E-state index contributed by atoms with van der Waals surface area (Å²) in [4.78, 5) is 35.3.